The Morgan fingerprint density at radius 1 is 1.88 bits per heavy atom. The number of hydrogen-bond donors (Lipinski definition) is 0. The Labute approximate surface area is 61.7 Å². The van der Waals surface area contributed by atoms with E-state index in [0.29, 0.717) is 6.42 Å². The first-order valence-electron chi connectivity index (χ1n) is 2.58. The molecule has 0 bridgehead atoms. The van der Waals surface area contributed by atoms with Crippen molar-refractivity contribution in [2.45, 2.75) is 18.9 Å². The zero-order valence-corrected chi connectivity index (χ0v) is 6.55. The van der Waals surface area contributed by atoms with Gasteiger partial charge in [0.2, 0.25) is 0 Å². The molecule has 0 N–H and O–H groups in total. The number of alkyl halides is 1. The van der Waals surface area contributed by atoms with Crippen molar-refractivity contribution >= 4 is 28.6 Å². The Balaban J connectivity index is 2.32. The molecular weight excluding hydrogens is 219 g/mol. The highest BCUT2D eigenvalue weighted by atomic mass is 127. The van der Waals surface area contributed by atoms with E-state index in [1.54, 1.807) is 0 Å². The molecule has 0 radical (unpaired) electrons. The van der Waals surface area contributed by atoms with Crippen LogP contribution in [0.1, 0.15) is 12.8 Å². The third kappa shape index (κ3) is 1.34. The Hall–Kier alpha value is 0.200. The zero-order chi connectivity index (χ0) is 5.98. The molecule has 0 aromatic rings. The highest BCUT2D eigenvalue weighted by Crippen LogP contribution is 2.14. The number of esters is 1. The maximum absolute atomic E-state index is 10.4. The standard InChI is InChI=1S/C5H7IO2/c6-3-4-1-2-5(7)8-4/h4H,1-3H2/t4-/m1/s1. The molecule has 46 valence electrons. The lowest BCUT2D eigenvalue weighted by molar-refractivity contribution is -0.140. The molecule has 8 heavy (non-hydrogen) atoms. The van der Waals surface area contributed by atoms with Crippen LogP contribution in [0.3, 0.4) is 0 Å². The smallest absolute Gasteiger partial charge is 0.306 e. The maximum atomic E-state index is 10.4. The summed E-state index contributed by atoms with van der Waals surface area (Å²) in [7, 11) is 0. The van der Waals surface area contributed by atoms with Crippen LogP contribution < -0.4 is 0 Å². The number of ether oxygens (including phenoxy) is 1. The summed E-state index contributed by atoms with van der Waals surface area (Å²) in [6.45, 7) is 0. The molecule has 3 heteroatoms. The van der Waals surface area contributed by atoms with Gasteiger partial charge in [0, 0.05) is 10.8 Å². The summed E-state index contributed by atoms with van der Waals surface area (Å²) in [6.07, 6.45) is 1.75. The van der Waals surface area contributed by atoms with Crippen molar-refractivity contribution < 1.29 is 9.53 Å². The lowest BCUT2D eigenvalue weighted by atomic mass is 10.3. The molecule has 1 aliphatic heterocycles. The summed E-state index contributed by atoms with van der Waals surface area (Å²) in [5.74, 6) is -0.0355. The Bertz CT molecular complexity index is 103. The fourth-order valence-electron chi connectivity index (χ4n) is 0.691. The van der Waals surface area contributed by atoms with Gasteiger partial charge in [0.25, 0.3) is 0 Å². The van der Waals surface area contributed by atoms with Gasteiger partial charge in [0.05, 0.1) is 0 Å². The average molecular weight is 226 g/mol. The summed E-state index contributed by atoms with van der Waals surface area (Å²) >= 11 is 2.22. The number of hydrogen-bond acceptors (Lipinski definition) is 2. The molecule has 1 fully saturated rings. The first kappa shape index (κ1) is 6.32. The largest absolute Gasteiger partial charge is 0.462 e. The summed E-state index contributed by atoms with van der Waals surface area (Å²) in [5, 5.41) is 0. The van der Waals surface area contributed by atoms with Crippen molar-refractivity contribution in [3.63, 3.8) is 0 Å². The predicted molar refractivity (Wildman–Crippen MR) is 38.0 cm³/mol. The van der Waals surface area contributed by atoms with E-state index in [1.807, 2.05) is 0 Å². The number of rotatable bonds is 1. The number of carbonyl (C=O) groups is 1. The molecule has 0 unspecified atom stereocenters. The molecule has 1 saturated heterocycles. The minimum absolute atomic E-state index is 0.0355. The molecule has 1 rings (SSSR count). The molecule has 1 aliphatic rings. The molecule has 0 aliphatic carbocycles. The van der Waals surface area contributed by atoms with E-state index in [9.17, 15) is 4.79 Å². The van der Waals surface area contributed by atoms with Crippen molar-refractivity contribution in [3.05, 3.63) is 0 Å². The van der Waals surface area contributed by atoms with Crippen LogP contribution in [-0.4, -0.2) is 16.5 Å². The van der Waals surface area contributed by atoms with Crippen LogP contribution in [-0.2, 0) is 9.53 Å². The van der Waals surface area contributed by atoms with Crippen LogP contribution in [0, 0.1) is 0 Å². The van der Waals surface area contributed by atoms with E-state index in [4.69, 9.17) is 4.74 Å². The second kappa shape index (κ2) is 2.66. The first-order chi connectivity index (χ1) is 3.83. The van der Waals surface area contributed by atoms with Crippen molar-refractivity contribution in [1.82, 2.24) is 0 Å². The Morgan fingerprint density at radius 3 is 2.88 bits per heavy atom. The molecule has 1 heterocycles. The minimum Gasteiger partial charge on any atom is -0.462 e. The van der Waals surface area contributed by atoms with E-state index in [-0.39, 0.29) is 12.1 Å². The fourth-order valence-corrected chi connectivity index (χ4v) is 1.31. The lowest BCUT2D eigenvalue weighted by Crippen LogP contribution is -2.06. The SMILES string of the molecule is O=C1CC[C@H](CI)O1. The van der Waals surface area contributed by atoms with Crippen LogP contribution in [0.5, 0.6) is 0 Å². The van der Waals surface area contributed by atoms with Gasteiger partial charge in [-0.2, -0.15) is 0 Å². The first-order valence-corrected chi connectivity index (χ1v) is 4.11. The Morgan fingerprint density at radius 2 is 2.62 bits per heavy atom. The quantitative estimate of drug-likeness (QED) is 0.380. The second-order valence-electron chi connectivity index (χ2n) is 1.80. The summed E-state index contributed by atoms with van der Waals surface area (Å²) in [5.41, 5.74) is 0. The molecule has 0 aromatic carbocycles. The fraction of sp³-hybridized carbons (Fsp3) is 0.800. The zero-order valence-electron chi connectivity index (χ0n) is 4.39. The number of halogens is 1. The molecule has 0 saturated carbocycles. The van der Waals surface area contributed by atoms with Gasteiger partial charge in [-0.15, -0.1) is 0 Å². The molecule has 0 aromatic heterocycles. The van der Waals surface area contributed by atoms with E-state index < -0.39 is 0 Å². The van der Waals surface area contributed by atoms with E-state index in [1.165, 1.54) is 0 Å². The number of cyclic esters (lactones) is 1. The van der Waals surface area contributed by atoms with Crippen LogP contribution >= 0.6 is 22.6 Å². The van der Waals surface area contributed by atoms with Gasteiger partial charge in [0.1, 0.15) is 6.10 Å². The van der Waals surface area contributed by atoms with E-state index in [0.717, 1.165) is 10.8 Å². The predicted octanol–water partition coefficient (Wildman–Crippen LogP) is 1.13. The van der Waals surface area contributed by atoms with Gasteiger partial charge in [-0.25, -0.2) is 0 Å². The van der Waals surface area contributed by atoms with Crippen molar-refractivity contribution in [2.75, 3.05) is 4.43 Å². The minimum atomic E-state index is -0.0355. The number of carbonyl (C=O) groups excluding carboxylic acids is 1. The highest BCUT2D eigenvalue weighted by molar-refractivity contribution is 14.1. The third-order valence-electron chi connectivity index (χ3n) is 1.14. The van der Waals surface area contributed by atoms with Crippen LogP contribution in [0.25, 0.3) is 0 Å². The average Bonchev–Trinajstić information content (AvgIpc) is 2.14. The lowest BCUT2D eigenvalue weighted by Gasteiger charge is -2.00. The monoisotopic (exact) mass is 226 g/mol. The van der Waals surface area contributed by atoms with Gasteiger partial charge >= 0.3 is 5.97 Å². The van der Waals surface area contributed by atoms with E-state index in [2.05, 4.69) is 22.6 Å². The molecule has 0 spiro atoms. The van der Waals surface area contributed by atoms with E-state index >= 15 is 0 Å². The molecule has 2 nitrogen and oxygen atoms in total. The Kier molecular flexibility index (Phi) is 2.10. The van der Waals surface area contributed by atoms with Gasteiger partial charge in [-0.1, -0.05) is 22.6 Å². The second-order valence-corrected chi connectivity index (χ2v) is 2.69. The summed E-state index contributed by atoms with van der Waals surface area (Å²) < 4.78 is 5.80. The summed E-state index contributed by atoms with van der Waals surface area (Å²) in [4.78, 5) is 10.4. The van der Waals surface area contributed by atoms with Gasteiger partial charge in [-0.05, 0) is 6.42 Å². The van der Waals surface area contributed by atoms with Crippen LogP contribution in [0.2, 0.25) is 0 Å². The maximum Gasteiger partial charge on any atom is 0.306 e. The third-order valence-corrected chi connectivity index (χ3v) is 2.12. The summed E-state index contributed by atoms with van der Waals surface area (Å²) in [6, 6.07) is 0. The molecule has 1 atom stereocenters. The van der Waals surface area contributed by atoms with Crippen LogP contribution in [0.15, 0.2) is 0 Å². The molecular formula is C5H7IO2. The topological polar surface area (TPSA) is 26.3 Å². The van der Waals surface area contributed by atoms with Gasteiger partial charge in [0.15, 0.2) is 0 Å². The molecule has 0 amide bonds. The van der Waals surface area contributed by atoms with Crippen molar-refractivity contribution in [3.8, 4) is 0 Å². The van der Waals surface area contributed by atoms with Crippen molar-refractivity contribution in [2.24, 2.45) is 0 Å². The van der Waals surface area contributed by atoms with Gasteiger partial charge < -0.3 is 4.74 Å². The van der Waals surface area contributed by atoms with Crippen molar-refractivity contribution in [1.29, 1.82) is 0 Å². The van der Waals surface area contributed by atoms with Crippen LogP contribution in [0.4, 0.5) is 0 Å². The highest BCUT2D eigenvalue weighted by Gasteiger charge is 2.21. The normalized spacial score (nSPS) is 28.1. The van der Waals surface area contributed by atoms with Gasteiger partial charge in [-0.3, -0.25) is 4.79 Å².